The molecule has 0 aliphatic carbocycles. The van der Waals surface area contributed by atoms with Crippen LogP contribution >= 0.6 is 20.3 Å². The fourth-order valence-electron chi connectivity index (χ4n) is 1.09. The summed E-state index contributed by atoms with van der Waals surface area (Å²) in [5, 5.41) is 0. The monoisotopic (exact) mass is 280 g/mol. The molecule has 1 aliphatic heterocycles. The van der Waals surface area contributed by atoms with Crippen LogP contribution in [-0.4, -0.2) is 25.8 Å². The Balaban J connectivity index is 2.40. The number of nitrogens with zero attached hydrogens (tertiary/aromatic N) is 2. The zero-order chi connectivity index (χ0) is 9.42. The summed E-state index contributed by atoms with van der Waals surface area (Å²) in [4.78, 5) is 3.31. The van der Waals surface area contributed by atoms with Crippen LogP contribution in [0.1, 0.15) is 0 Å². The van der Waals surface area contributed by atoms with Crippen molar-refractivity contribution in [1.29, 1.82) is 0 Å². The predicted molar refractivity (Wildman–Crippen MR) is 60.3 cm³/mol. The molecule has 0 aromatic heterocycles. The van der Waals surface area contributed by atoms with E-state index in [1.54, 1.807) is 10.2 Å². The van der Waals surface area contributed by atoms with E-state index in [9.17, 15) is 0 Å². The van der Waals surface area contributed by atoms with Crippen molar-refractivity contribution in [1.82, 2.24) is 0 Å². The molecule has 0 saturated heterocycles. The minimum absolute atomic E-state index is 1.07. The van der Waals surface area contributed by atoms with Crippen molar-refractivity contribution in [3.63, 3.8) is 0 Å². The number of hydrogen-bond acceptors (Lipinski definition) is 3. The molecule has 2 nitrogen and oxygen atoms in total. The Morgan fingerprint density at radius 3 is 2.92 bits per heavy atom. The van der Waals surface area contributed by atoms with Gasteiger partial charge in [-0.3, -0.25) is 0 Å². The van der Waals surface area contributed by atoms with Gasteiger partial charge in [0.2, 0.25) is 0 Å². The third kappa shape index (κ3) is 1.91. The first-order valence-electron chi connectivity index (χ1n) is 3.79. The van der Waals surface area contributed by atoms with Crippen molar-refractivity contribution in [3.8, 4) is 0 Å². The average Bonchev–Trinajstić information content (AvgIpc) is 2.42. The molecule has 1 aliphatic rings. The summed E-state index contributed by atoms with van der Waals surface area (Å²) in [5.74, 6) is 0. The molecule has 0 bridgehead atoms. The predicted octanol–water partition coefficient (Wildman–Crippen LogP) is 2.98. The molecular formula is C8H9ClN2SSe. The van der Waals surface area contributed by atoms with E-state index in [-0.39, 0.29) is 0 Å². The van der Waals surface area contributed by atoms with E-state index < -0.39 is 11.7 Å². The second-order valence-corrected chi connectivity index (χ2v) is 9.94. The van der Waals surface area contributed by atoms with Gasteiger partial charge in [0.25, 0.3) is 0 Å². The maximum atomic E-state index is 6.02. The summed E-state index contributed by atoms with van der Waals surface area (Å²) in [6.45, 7) is 0. The normalized spacial score (nSPS) is 19.5. The SMILES string of the molecule is CN(C)c1ccc2c(c1)S[Se](Cl)=N2. The summed E-state index contributed by atoms with van der Waals surface area (Å²) in [6, 6.07) is 6.27. The molecule has 0 amide bonds. The van der Waals surface area contributed by atoms with Gasteiger partial charge in [0.15, 0.2) is 0 Å². The Morgan fingerprint density at radius 1 is 1.46 bits per heavy atom. The summed E-state index contributed by atoms with van der Waals surface area (Å²) < 4.78 is 4.39. The Kier molecular flexibility index (Phi) is 2.65. The van der Waals surface area contributed by atoms with Crippen LogP contribution in [0.3, 0.4) is 0 Å². The Hall–Kier alpha value is -0.0205. The fraction of sp³-hybridized carbons (Fsp3) is 0.250. The Bertz CT molecular complexity index is 378. The van der Waals surface area contributed by atoms with Crippen molar-refractivity contribution in [3.05, 3.63) is 18.2 Å². The van der Waals surface area contributed by atoms with Crippen molar-refractivity contribution >= 4 is 43.3 Å². The van der Waals surface area contributed by atoms with Gasteiger partial charge >= 0.3 is 89.4 Å². The number of hydrogen-bond donors (Lipinski definition) is 0. The Labute approximate surface area is 89.2 Å². The van der Waals surface area contributed by atoms with Crippen molar-refractivity contribution in [2.75, 3.05) is 19.0 Å². The molecule has 1 aromatic carbocycles. The van der Waals surface area contributed by atoms with Crippen LogP contribution in [0.25, 0.3) is 0 Å². The van der Waals surface area contributed by atoms with E-state index in [1.165, 1.54) is 10.6 Å². The van der Waals surface area contributed by atoms with Crippen LogP contribution in [0, 0.1) is 0 Å². The fourth-order valence-corrected chi connectivity index (χ4v) is 6.30. The van der Waals surface area contributed by atoms with E-state index in [4.69, 9.17) is 10.1 Å². The van der Waals surface area contributed by atoms with Gasteiger partial charge in [-0.15, -0.1) is 0 Å². The van der Waals surface area contributed by atoms with Crippen LogP contribution in [0.5, 0.6) is 0 Å². The molecule has 0 N–H and O–H groups in total. The van der Waals surface area contributed by atoms with Crippen LogP contribution in [-0.2, 0) is 0 Å². The average molecular weight is 280 g/mol. The molecule has 5 heteroatoms. The van der Waals surface area contributed by atoms with Crippen LogP contribution in [0.2, 0.25) is 0 Å². The topological polar surface area (TPSA) is 15.6 Å². The molecule has 70 valence electrons. The third-order valence-electron chi connectivity index (χ3n) is 1.79. The molecule has 1 heterocycles. The van der Waals surface area contributed by atoms with Gasteiger partial charge in [-0.2, -0.15) is 0 Å². The van der Waals surface area contributed by atoms with Crippen molar-refractivity contribution < 1.29 is 0 Å². The van der Waals surface area contributed by atoms with E-state index in [0.29, 0.717) is 0 Å². The van der Waals surface area contributed by atoms with Gasteiger partial charge in [0.05, 0.1) is 0 Å². The maximum absolute atomic E-state index is 6.02. The van der Waals surface area contributed by atoms with Crippen molar-refractivity contribution in [2.45, 2.75) is 4.90 Å². The standard InChI is InChI=1S/C8H9ClN2SSe/c1-11(2)6-3-4-7-8(5-6)12-13(9)10-7/h3-5H,1-2H3. The number of halogens is 1. The number of benzene rings is 1. The zero-order valence-corrected chi connectivity index (χ0v) is 10.6. The van der Waals surface area contributed by atoms with E-state index in [0.717, 1.165) is 5.69 Å². The van der Waals surface area contributed by atoms with Gasteiger partial charge in [-0.25, -0.2) is 0 Å². The number of fused-ring (bicyclic) bond motifs is 1. The first kappa shape index (κ1) is 9.53. The van der Waals surface area contributed by atoms with E-state index in [2.05, 4.69) is 21.0 Å². The zero-order valence-electron chi connectivity index (χ0n) is 7.32. The number of rotatable bonds is 1. The Morgan fingerprint density at radius 2 is 2.23 bits per heavy atom. The molecule has 1 aromatic rings. The van der Waals surface area contributed by atoms with E-state index in [1.807, 2.05) is 20.2 Å². The minimum atomic E-state index is -1.27. The molecule has 13 heavy (non-hydrogen) atoms. The van der Waals surface area contributed by atoms with E-state index >= 15 is 0 Å². The van der Waals surface area contributed by atoms with Crippen molar-refractivity contribution in [2.24, 2.45) is 3.96 Å². The molecular weight excluding hydrogens is 271 g/mol. The molecule has 1 atom stereocenters. The second-order valence-electron chi connectivity index (χ2n) is 2.93. The van der Waals surface area contributed by atoms with Gasteiger partial charge in [0, 0.05) is 0 Å². The summed E-state index contributed by atoms with van der Waals surface area (Å²) in [5.41, 5.74) is 2.27. The first-order valence-corrected chi connectivity index (χ1v) is 9.64. The molecule has 0 radical (unpaired) electrons. The first-order chi connectivity index (χ1) is 6.16. The van der Waals surface area contributed by atoms with Crippen LogP contribution in [0.15, 0.2) is 27.1 Å². The molecule has 0 spiro atoms. The molecule has 0 fully saturated rings. The van der Waals surface area contributed by atoms with Gasteiger partial charge in [-0.1, -0.05) is 0 Å². The van der Waals surface area contributed by atoms with Crippen LogP contribution in [0.4, 0.5) is 11.4 Å². The van der Waals surface area contributed by atoms with Gasteiger partial charge in [-0.05, 0) is 0 Å². The third-order valence-corrected chi connectivity index (χ3v) is 6.87. The number of anilines is 1. The van der Waals surface area contributed by atoms with Gasteiger partial charge < -0.3 is 0 Å². The summed E-state index contributed by atoms with van der Waals surface area (Å²) in [7, 11) is 11.8. The molecule has 1 unspecified atom stereocenters. The summed E-state index contributed by atoms with van der Waals surface area (Å²) in [6.07, 6.45) is 0. The quantitative estimate of drug-likeness (QED) is 0.735. The molecule has 0 saturated carbocycles. The second kappa shape index (κ2) is 3.62. The summed E-state index contributed by atoms with van der Waals surface area (Å²) >= 11 is -1.27. The van der Waals surface area contributed by atoms with Gasteiger partial charge in [0.1, 0.15) is 0 Å². The molecule has 2 rings (SSSR count). The van der Waals surface area contributed by atoms with Crippen LogP contribution < -0.4 is 4.90 Å².